The van der Waals surface area contributed by atoms with Crippen molar-refractivity contribution in [1.82, 2.24) is 10.6 Å². The molecule has 0 saturated heterocycles. The second-order valence-electron chi connectivity index (χ2n) is 7.76. The highest BCUT2D eigenvalue weighted by molar-refractivity contribution is 5.74. The quantitative estimate of drug-likeness (QED) is 0.871. The Morgan fingerprint density at radius 2 is 1.92 bits per heavy atom. The maximum absolute atomic E-state index is 12.2. The third kappa shape index (κ3) is 2.99. The van der Waals surface area contributed by atoms with Crippen LogP contribution in [0.2, 0.25) is 0 Å². The third-order valence-electron chi connectivity index (χ3n) is 6.60. The third-order valence-corrected chi connectivity index (χ3v) is 6.60. The molecule has 2 N–H and O–H groups in total. The molecule has 5 atom stereocenters. The van der Waals surface area contributed by atoms with Gasteiger partial charge in [0.15, 0.2) is 0 Å². The number of hydrogen-bond donors (Lipinski definition) is 2. The van der Waals surface area contributed by atoms with Crippen LogP contribution >= 0.6 is 0 Å². The minimum absolute atomic E-state index is 0.00982. The van der Waals surface area contributed by atoms with Crippen molar-refractivity contribution in [3.8, 4) is 5.75 Å². The number of fused-ring (bicyclic) bond motifs is 5. The molecule has 3 fully saturated rings. The lowest BCUT2D eigenvalue weighted by Crippen LogP contribution is -2.47. The Balaban J connectivity index is 1.21. The average Bonchev–Trinajstić information content (AvgIpc) is 3.28. The summed E-state index contributed by atoms with van der Waals surface area (Å²) in [5.41, 5.74) is 1.21. The number of rotatable bonds is 5. The number of carbonyl (C=O) groups excluding carboxylic acids is 1. The van der Waals surface area contributed by atoms with Crippen molar-refractivity contribution in [3.05, 3.63) is 29.8 Å². The molecule has 2 bridgehead atoms. The van der Waals surface area contributed by atoms with Gasteiger partial charge in [0.1, 0.15) is 5.75 Å². The molecule has 0 spiro atoms. The van der Waals surface area contributed by atoms with Gasteiger partial charge in [-0.3, -0.25) is 0 Å². The Bertz CT molecular complexity index is 586. The average molecular weight is 328 g/mol. The molecule has 130 valence electrons. The molecule has 4 heteroatoms. The number of ether oxygens (including phenoxy) is 1. The summed E-state index contributed by atoms with van der Waals surface area (Å²) in [5, 5.41) is 6.28. The van der Waals surface area contributed by atoms with Crippen molar-refractivity contribution in [2.75, 3.05) is 13.7 Å². The molecule has 1 aromatic carbocycles. The molecule has 3 aliphatic rings. The summed E-state index contributed by atoms with van der Waals surface area (Å²) in [4.78, 5) is 12.2. The molecule has 0 radical (unpaired) electrons. The van der Waals surface area contributed by atoms with E-state index < -0.39 is 0 Å². The molecule has 0 heterocycles. The van der Waals surface area contributed by atoms with Crippen LogP contribution in [0.25, 0.3) is 0 Å². The van der Waals surface area contributed by atoms with Gasteiger partial charge in [0, 0.05) is 12.6 Å². The first-order valence-corrected chi connectivity index (χ1v) is 9.42. The summed E-state index contributed by atoms with van der Waals surface area (Å²) in [6, 6.07) is 8.44. The summed E-state index contributed by atoms with van der Waals surface area (Å²) < 4.78 is 5.16. The highest BCUT2D eigenvalue weighted by atomic mass is 16.5. The molecule has 2 amide bonds. The first-order valence-electron chi connectivity index (χ1n) is 9.42. The fourth-order valence-electron chi connectivity index (χ4n) is 5.57. The van der Waals surface area contributed by atoms with E-state index in [0.717, 1.165) is 35.8 Å². The Morgan fingerprint density at radius 1 is 1.12 bits per heavy atom. The minimum atomic E-state index is 0.00982. The molecule has 4 nitrogen and oxygen atoms in total. The number of carbonyl (C=O) groups is 1. The van der Waals surface area contributed by atoms with Crippen LogP contribution in [0.4, 0.5) is 4.79 Å². The Labute approximate surface area is 144 Å². The maximum Gasteiger partial charge on any atom is 0.315 e. The van der Waals surface area contributed by atoms with E-state index in [1.807, 2.05) is 12.1 Å². The van der Waals surface area contributed by atoms with Gasteiger partial charge in [-0.25, -0.2) is 4.79 Å². The lowest BCUT2D eigenvalue weighted by atomic mass is 9.79. The Morgan fingerprint density at radius 3 is 2.71 bits per heavy atom. The Hall–Kier alpha value is -1.71. The van der Waals surface area contributed by atoms with Gasteiger partial charge in [0.2, 0.25) is 0 Å². The van der Waals surface area contributed by atoms with Gasteiger partial charge in [0.05, 0.1) is 7.11 Å². The highest BCUT2D eigenvalue weighted by Gasteiger charge is 2.53. The summed E-state index contributed by atoms with van der Waals surface area (Å²) in [5.74, 6) is 4.37. The molecule has 3 aliphatic carbocycles. The number of urea groups is 1. The topological polar surface area (TPSA) is 50.4 Å². The standard InChI is InChI=1S/C20H28N2O2/c1-24-15-7-5-13(6-8-15)9-10-21-20(23)22-19-12-14-11-18(19)17-4-2-3-16(14)17/h5-8,14,16-19H,2-4,9-12H2,1H3,(H2,21,22,23)/t14-,16+,17+,18+,19-/m1/s1. The lowest BCUT2D eigenvalue weighted by Gasteiger charge is -2.32. The largest absolute Gasteiger partial charge is 0.497 e. The van der Waals surface area contributed by atoms with E-state index in [4.69, 9.17) is 4.74 Å². The molecule has 4 rings (SSSR count). The Kier molecular flexibility index (Phi) is 4.38. The van der Waals surface area contributed by atoms with Crippen LogP contribution in [-0.2, 0) is 6.42 Å². The van der Waals surface area contributed by atoms with Gasteiger partial charge >= 0.3 is 6.03 Å². The number of methoxy groups -OCH3 is 1. The zero-order chi connectivity index (χ0) is 16.5. The van der Waals surface area contributed by atoms with Crippen LogP contribution in [0.5, 0.6) is 5.75 Å². The molecule has 1 aromatic rings. The van der Waals surface area contributed by atoms with E-state index in [1.54, 1.807) is 7.11 Å². The number of amides is 2. The summed E-state index contributed by atoms with van der Waals surface area (Å²) >= 11 is 0. The zero-order valence-electron chi connectivity index (χ0n) is 14.5. The smallest absolute Gasteiger partial charge is 0.315 e. The second kappa shape index (κ2) is 6.66. The van der Waals surface area contributed by atoms with Crippen molar-refractivity contribution >= 4 is 6.03 Å². The molecule has 0 unspecified atom stereocenters. The van der Waals surface area contributed by atoms with Crippen LogP contribution in [0, 0.1) is 23.7 Å². The molecular formula is C20H28N2O2. The van der Waals surface area contributed by atoms with E-state index in [2.05, 4.69) is 22.8 Å². The van der Waals surface area contributed by atoms with E-state index in [1.165, 1.54) is 37.7 Å². The number of benzene rings is 1. The fraction of sp³-hybridized carbons (Fsp3) is 0.650. The molecule has 3 saturated carbocycles. The van der Waals surface area contributed by atoms with Gasteiger partial charge in [-0.15, -0.1) is 0 Å². The van der Waals surface area contributed by atoms with Crippen LogP contribution in [0.3, 0.4) is 0 Å². The number of hydrogen-bond acceptors (Lipinski definition) is 2. The van der Waals surface area contributed by atoms with Gasteiger partial charge in [-0.1, -0.05) is 18.6 Å². The van der Waals surface area contributed by atoms with Gasteiger partial charge in [-0.2, -0.15) is 0 Å². The SMILES string of the molecule is COc1ccc(CCNC(=O)N[C@@H]2C[C@H]3C[C@H]2[C@H]2CCC[C@@H]32)cc1. The van der Waals surface area contributed by atoms with Gasteiger partial charge < -0.3 is 15.4 Å². The molecular weight excluding hydrogens is 300 g/mol. The minimum Gasteiger partial charge on any atom is -0.497 e. The van der Waals surface area contributed by atoms with Gasteiger partial charge in [-0.05, 0) is 73.5 Å². The zero-order valence-corrected chi connectivity index (χ0v) is 14.5. The van der Waals surface area contributed by atoms with Crippen molar-refractivity contribution in [2.45, 2.75) is 44.6 Å². The van der Waals surface area contributed by atoms with Crippen molar-refractivity contribution in [2.24, 2.45) is 23.7 Å². The lowest BCUT2D eigenvalue weighted by molar-refractivity contribution is 0.198. The van der Waals surface area contributed by atoms with E-state index in [9.17, 15) is 4.79 Å². The van der Waals surface area contributed by atoms with Crippen LogP contribution < -0.4 is 15.4 Å². The maximum atomic E-state index is 12.2. The molecule has 0 aromatic heterocycles. The molecule has 24 heavy (non-hydrogen) atoms. The van der Waals surface area contributed by atoms with Crippen LogP contribution in [-0.4, -0.2) is 25.7 Å². The van der Waals surface area contributed by atoms with Crippen LogP contribution in [0.1, 0.15) is 37.7 Å². The van der Waals surface area contributed by atoms with Crippen LogP contribution in [0.15, 0.2) is 24.3 Å². The summed E-state index contributed by atoms with van der Waals surface area (Å²) in [7, 11) is 1.67. The number of nitrogens with one attached hydrogen (secondary N) is 2. The predicted molar refractivity (Wildman–Crippen MR) is 94.1 cm³/mol. The van der Waals surface area contributed by atoms with E-state index in [0.29, 0.717) is 12.6 Å². The van der Waals surface area contributed by atoms with E-state index >= 15 is 0 Å². The summed E-state index contributed by atoms with van der Waals surface area (Å²) in [6.07, 6.45) is 7.64. The van der Waals surface area contributed by atoms with Crippen molar-refractivity contribution in [3.63, 3.8) is 0 Å². The monoisotopic (exact) mass is 328 g/mol. The molecule has 0 aliphatic heterocycles. The van der Waals surface area contributed by atoms with Crippen molar-refractivity contribution < 1.29 is 9.53 Å². The first kappa shape index (κ1) is 15.8. The predicted octanol–water partition coefficient (Wildman–Crippen LogP) is 3.36. The summed E-state index contributed by atoms with van der Waals surface area (Å²) in [6.45, 7) is 0.672. The van der Waals surface area contributed by atoms with E-state index in [-0.39, 0.29) is 6.03 Å². The normalized spacial score (nSPS) is 33.3. The first-order chi connectivity index (χ1) is 11.7. The highest BCUT2D eigenvalue weighted by Crippen LogP contribution is 2.58. The van der Waals surface area contributed by atoms with Crippen molar-refractivity contribution in [1.29, 1.82) is 0 Å². The second-order valence-corrected chi connectivity index (χ2v) is 7.76. The fourth-order valence-corrected chi connectivity index (χ4v) is 5.57. The van der Waals surface area contributed by atoms with Gasteiger partial charge in [0.25, 0.3) is 0 Å².